The molecular weight excluding hydrogens is 617 g/mol. The van der Waals surface area contributed by atoms with Gasteiger partial charge in [-0.3, -0.25) is 18.6 Å². The van der Waals surface area contributed by atoms with E-state index in [9.17, 15) is 19.0 Å². The van der Waals surface area contributed by atoms with Crippen LogP contribution >= 0.6 is 7.82 Å². The minimum absolute atomic E-state index is 0.0521. The minimum Gasteiger partial charge on any atom is -0.462 e. The highest BCUT2D eigenvalue weighted by atomic mass is 31.2. The number of unbranched alkanes of at least 4 members (excludes halogenated alkanes) is 18. The Bertz CT molecular complexity index is 835. The maximum atomic E-state index is 12.5. The Labute approximate surface area is 287 Å². The molecule has 0 aromatic rings. The predicted molar refractivity (Wildman–Crippen MR) is 192 cm³/mol. The molecule has 3 N–H and O–H groups in total. The molecule has 0 radical (unpaired) electrons. The molecule has 0 aliphatic rings. The molecule has 0 heterocycles. The van der Waals surface area contributed by atoms with Gasteiger partial charge in [-0.25, -0.2) is 4.57 Å². The fraction of sp³-hybridized carbons (Fsp3) is 0.838. The summed E-state index contributed by atoms with van der Waals surface area (Å²) in [4.78, 5) is 34.7. The quantitative estimate of drug-likeness (QED) is 0.0289. The lowest BCUT2D eigenvalue weighted by Crippen LogP contribution is -2.29. The molecule has 0 rings (SSSR count). The summed E-state index contributed by atoms with van der Waals surface area (Å²) in [6.07, 6.45) is 33.5. The lowest BCUT2D eigenvalue weighted by molar-refractivity contribution is -0.161. The van der Waals surface area contributed by atoms with Gasteiger partial charge in [0.15, 0.2) is 6.10 Å². The fourth-order valence-electron chi connectivity index (χ4n) is 5.02. The van der Waals surface area contributed by atoms with Crippen LogP contribution in [0.3, 0.4) is 0 Å². The van der Waals surface area contributed by atoms with Crippen LogP contribution in [0.1, 0.15) is 168 Å². The summed E-state index contributed by atoms with van der Waals surface area (Å²) >= 11 is 0. The molecule has 0 bridgehead atoms. The van der Waals surface area contributed by atoms with E-state index in [0.717, 1.165) is 64.2 Å². The standard InChI is InChI=1S/C37H70NO8P/c1-3-5-7-9-11-13-15-17-19-21-23-25-27-29-36(39)43-33-35(34-45-47(41,42)44-32-31-38)46-37(40)30-28-26-24-22-20-18-16-14-12-10-8-6-4-2/h8,10,14,16,35H,3-7,9,11-13,15,17-34,38H2,1-2H3,(H,41,42)/b10-8-,16-14-. The normalized spacial score (nSPS) is 13.7. The third kappa shape index (κ3) is 34.2. The molecule has 0 fully saturated rings. The Morgan fingerprint density at radius 2 is 1.15 bits per heavy atom. The molecule has 9 nitrogen and oxygen atoms in total. The molecule has 47 heavy (non-hydrogen) atoms. The number of carbonyl (C=O) groups is 2. The molecule has 0 saturated heterocycles. The topological polar surface area (TPSA) is 134 Å². The third-order valence-corrected chi connectivity index (χ3v) is 8.81. The summed E-state index contributed by atoms with van der Waals surface area (Å²) in [6.45, 7) is 3.64. The van der Waals surface area contributed by atoms with Gasteiger partial charge in [-0.15, -0.1) is 0 Å². The Balaban J connectivity index is 4.24. The van der Waals surface area contributed by atoms with Gasteiger partial charge in [-0.1, -0.05) is 141 Å². The minimum atomic E-state index is -4.37. The van der Waals surface area contributed by atoms with E-state index in [1.54, 1.807) is 0 Å². The number of esters is 2. The van der Waals surface area contributed by atoms with Gasteiger partial charge in [0.05, 0.1) is 13.2 Å². The van der Waals surface area contributed by atoms with Crippen molar-refractivity contribution in [3.8, 4) is 0 Å². The first-order valence-corrected chi connectivity index (χ1v) is 20.3. The maximum Gasteiger partial charge on any atom is 0.472 e. The molecule has 0 spiro atoms. The first-order chi connectivity index (χ1) is 22.8. The third-order valence-electron chi connectivity index (χ3n) is 7.82. The molecule has 0 aliphatic carbocycles. The second-order valence-electron chi connectivity index (χ2n) is 12.4. The maximum absolute atomic E-state index is 12.5. The van der Waals surface area contributed by atoms with Crippen molar-refractivity contribution in [2.75, 3.05) is 26.4 Å². The molecule has 276 valence electrons. The first kappa shape index (κ1) is 45.5. The van der Waals surface area contributed by atoms with E-state index >= 15 is 0 Å². The smallest absolute Gasteiger partial charge is 0.462 e. The second-order valence-corrected chi connectivity index (χ2v) is 13.9. The Kier molecular flexibility index (Phi) is 33.3. The van der Waals surface area contributed by atoms with Gasteiger partial charge < -0.3 is 20.1 Å². The van der Waals surface area contributed by atoms with Crippen LogP contribution in [0.25, 0.3) is 0 Å². The number of ether oxygens (including phenoxy) is 2. The van der Waals surface area contributed by atoms with Gasteiger partial charge in [0.25, 0.3) is 0 Å². The van der Waals surface area contributed by atoms with Gasteiger partial charge in [-0.2, -0.15) is 0 Å². The zero-order valence-electron chi connectivity index (χ0n) is 30.0. The van der Waals surface area contributed by atoms with Crippen molar-refractivity contribution in [2.24, 2.45) is 5.73 Å². The highest BCUT2D eigenvalue weighted by Gasteiger charge is 2.25. The Morgan fingerprint density at radius 3 is 1.70 bits per heavy atom. The summed E-state index contributed by atoms with van der Waals surface area (Å²) in [5.74, 6) is -0.843. The average Bonchev–Trinajstić information content (AvgIpc) is 3.05. The van der Waals surface area contributed by atoms with E-state index in [2.05, 4.69) is 38.2 Å². The summed E-state index contributed by atoms with van der Waals surface area (Å²) in [6, 6.07) is 0. The monoisotopic (exact) mass is 687 g/mol. The van der Waals surface area contributed by atoms with E-state index < -0.39 is 26.5 Å². The van der Waals surface area contributed by atoms with Crippen molar-refractivity contribution in [1.29, 1.82) is 0 Å². The number of allylic oxidation sites excluding steroid dienone is 4. The van der Waals surface area contributed by atoms with Crippen molar-refractivity contribution < 1.29 is 37.6 Å². The summed E-state index contributed by atoms with van der Waals surface area (Å²) in [5, 5.41) is 0. The van der Waals surface area contributed by atoms with Crippen molar-refractivity contribution in [2.45, 2.75) is 174 Å². The van der Waals surface area contributed by atoms with Crippen LogP contribution in [0.4, 0.5) is 0 Å². The number of rotatable bonds is 35. The Morgan fingerprint density at radius 1 is 0.638 bits per heavy atom. The van der Waals surface area contributed by atoms with Crippen LogP contribution in [0.2, 0.25) is 0 Å². The summed E-state index contributed by atoms with van der Waals surface area (Å²) in [5.41, 5.74) is 5.32. The molecule has 2 atom stereocenters. The zero-order valence-corrected chi connectivity index (χ0v) is 30.9. The molecule has 0 aromatic heterocycles. The van der Waals surface area contributed by atoms with Crippen LogP contribution < -0.4 is 5.73 Å². The second kappa shape index (κ2) is 34.4. The number of nitrogens with two attached hydrogens (primary N) is 1. The fourth-order valence-corrected chi connectivity index (χ4v) is 5.79. The molecule has 0 saturated carbocycles. The zero-order chi connectivity index (χ0) is 34.7. The number of phosphoric ester groups is 1. The SMILES string of the molecule is CCC/C=C\C/C=C\CCCCCCCC(=O)OC(COC(=O)CCCCCCCCCCCCCCC)COP(=O)(O)OCCN. The predicted octanol–water partition coefficient (Wildman–Crippen LogP) is 10.0. The number of phosphoric acid groups is 1. The molecule has 0 aliphatic heterocycles. The Hall–Kier alpha value is -1.51. The average molecular weight is 688 g/mol. The van der Waals surface area contributed by atoms with Gasteiger partial charge in [0.2, 0.25) is 0 Å². The molecule has 10 heteroatoms. The molecule has 0 amide bonds. The number of hydrogen-bond acceptors (Lipinski definition) is 8. The van der Waals surface area contributed by atoms with Crippen LogP contribution in [-0.2, 0) is 32.7 Å². The molecule has 0 aromatic carbocycles. The highest BCUT2D eigenvalue weighted by molar-refractivity contribution is 7.47. The van der Waals surface area contributed by atoms with Gasteiger partial charge in [-0.05, 0) is 38.5 Å². The first-order valence-electron chi connectivity index (χ1n) is 18.8. The highest BCUT2D eigenvalue weighted by Crippen LogP contribution is 2.43. The van der Waals surface area contributed by atoms with E-state index in [1.807, 2.05) is 0 Å². The van der Waals surface area contributed by atoms with E-state index in [1.165, 1.54) is 70.6 Å². The van der Waals surface area contributed by atoms with Crippen molar-refractivity contribution in [3.05, 3.63) is 24.3 Å². The van der Waals surface area contributed by atoms with Crippen molar-refractivity contribution >= 4 is 19.8 Å². The van der Waals surface area contributed by atoms with Gasteiger partial charge >= 0.3 is 19.8 Å². The van der Waals surface area contributed by atoms with E-state index in [4.69, 9.17) is 24.3 Å². The lowest BCUT2D eigenvalue weighted by atomic mass is 10.0. The van der Waals surface area contributed by atoms with Gasteiger partial charge in [0, 0.05) is 19.4 Å². The van der Waals surface area contributed by atoms with Crippen LogP contribution in [0.15, 0.2) is 24.3 Å². The largest absolute Gasteiger partial charge is 0.472 e. The van der Waals surface area contributed by atoms with E-state index in [0.29, 0.717) is 6.42 Å². The number of carbonyl (C=O) groups excluding carboxylic acids is 2. The number of hydrogen-bond donors (Lipinski definition) is 2. The van der Waals surface area contributed by atoms with Crippen LogP contribution in [0, 0.1) is 0 Å². The van der Waals surface area contributed by atoms with Crippen LogP contribution in [0.5, 0.6) is 0 Å². The summed E-state index contributed by atoms with van der Waals surface area (Å²) < 4.78 is 32.6. The molecular formula is C37H70NO8P. The van der Waals surface area contributed by atoms with Crippen LogP contribution in [-0.4, -0.2) is 49.3 Å². The van der Waals surface area contributed by atoms with Crippen molar-refractivity contribution in [1.82, 2.24) is 0 Å². The molecule has 2 unspecified atom stereocenters. The summed E-state index contributed by atoms with van der Waals surface area (Å²) in [7, 11) is -4.37. The van der Waals surface area contributed by atoms with Gasteiger partial charge in [0.1, 0.15) is 6.61 Å². The lowest BCUT2D eigenvalue weighted by Gasteiger charge is -2.19. The van der Waals surface area contributed by atoms with E-state index in [-0.39, 0.29) is 38.6 Å². The van der Waals surface area contributed by atoms with Crippen molar-refractivity contribution in [3.63, 3.8) is 0 Å².